The van der Waals surface area contributed by atoms with Crippen molar-refractivity contribution >= 4 is 11.8 Å². The second-order valence-electron chi connectivity index (χ2n) is 5.97. The summed E-state index contributed by atoms with van der Waals surface area (Å²) in [4.78, 5) is 25.2. The summed E-state index contributed by atoms with van der Waals surface area (Å²) in [5, 5.41) is 9.40. The highest BCUT2D eigenvalue weighted by atomic mass is 16.2. The predicted molar refractivity (Wildman–Crippen MR) is 76.8 cm³/mol. The summed E-state index contributed by atoms with van der Waals surface area (Å²) >= 11 is 0. The van der Waals surface area contributed by atoms with E-state index in [9.17, 15) is 9.59 Å². The Labute approximate surface area is 119 Å². The summed E-state index contributed by atoms with van der Waals surface area (Å²) in [7, 11) is 1.77. The molecule has 1 rings (SSSR count). The van der Waals surface area contributed by atoms with Crippen LogP contribution >= 0.6 is 0 Å². The summed E-state index contributed by atoms with van der Waals surface area (Å²) in [5.74, 6) is 0.0768. The smallest absolute Gasteiger partial charge is 0.225 e. The number of carbonyl (C=O) groups is 2. The molecule has 2 N–H and O–H groups in total. The van der Waals surface area contributed by atoms with Gasteiger partial charge in [-0.15, -0.1) is 0 Å². The third-order valence-electron chi connectivity index (χ3n) is 2.93. The topological polar surface area (TPSA) is 78.1 Å². The van der Waals surface area contributed by atoms with E-state index in [2.05, 4.69) is 15.5 Å². The van der Waals surface area contributed by atoms with E-state index in [0.717, 1.165) is 5.56 Å². The number of hydrogen-bond donors (Lipinski definition) is 2. The Hall–Kier alpha value is -1.85. The average Bonchev–Trinajstić information content (AvgIpc) is 2.85. The molecule has 20 heavy (non-hydrogen) atoms. The molecule has 0 bridgehead atoms. The number of aromatic amines is 1. The number of carbonyl (C=O) groups excluding carboxylic acids is 2. The number of aromatic nitrogens is 2. The Kier molecular flexibility index (Phi) is 5.73. The molecule has 6 heteroatoms. The van der Waals surface area contributed by atoms with Crippen molar-refractivity contribution in [2.45, 2.75) is 40.2 Å². The zero-order chi connectivity index (χ0) is 15.2. The molecule has 0 aromatic carbocycles. The normalized spacial score (nSPS) is 11.2. The van der Waals surface area contributed by atoms with Gasteiger partial charge in [0.05, 0.1) is 6.20 Å². The lowest BCUT2D eigenvalue weighted by Gasteiger charge is -2.18. The highest BCUT2D eigenvalue weighted by molar-refractivity contribution is 5.81. The van der Waals surface area contributed by atoms with Crippen molar-refractivity contribution in [3.63, 3.8) is 0 Å². The summed E-state index contributed by atoms with van der Waals surface area (Å²) in [6.45, 7) is 6.68. The van der Waals surface area contributed by atoms with Gasteiger partial charge in [-0.2, -0.15) is 5.10 Å². The summed E-state index contributed by atoms with van der Waals surface area (Å²) in [5.41, 5.74) is 0.587. The molecule has 0 aliphatic carbocycles. The molecule has 6 nitrogen and oxygen atoms in total. The van der Waals surface area contributed by atoms with Crippen LogP contribution in [0.2, 0.25) is 0 Å². The lowest BCUT2D eigenvalue weighted by molar-refractivity contribution is -0.131. The number of hydrogen-bond acceptors (Lipinski definition) is 3. The monoisotopic (exact) mass is 280 g/mol. The van der Waals surface area contributed by atoms with E-state index < -0.39 is 0 Å². The minimum Gasteiger partial charge on any atom is -0.356 e. The molecule has 0 aliphatic heterocycles. The van der Waals surface area contributed by atoms with Crippen molar-refractivity contribution in [2.75, 3.05) is 13.6 Å². The molecular formula is C14H24N4O2. The van der Waals surface area contributed by atoms with Gasteiger partial charge in [0.15, 0.2) is 0 Å². The molecule has 0 saturated carbocycles. The predicted octanol–water partition coefficient (Wildman–Crippen LogP) is 1.31. The van der Waals surface area contributed by atoms with Crippen molar-refractivity contribution in [1.82, 2.24) is 20.4 Å². The SMILES string of the molecule is CN(Cc1cn[nH]c1)C(=O)CCCNC(=O)C(C)(C)C. The van der Waals surface area contributed by atoms with Crippen LogP contribution in [0.25, 0.3) is 0 Å². The molecular weight excluding hydrogens is 256 g/mol. The van der Waals surface area contributed by atoms with Crippen molar-refractivity contribution in [3.8, 4) is 0 Å². The molecule has 1 heterocycles. The Bertz CT molecular complexity index is 435. The second kappa shape index (κ2) is 7.07. The van der Waals surface area contributed by atoms with Crippen LogP contribution in [0, 0.1) is 5.41 Å². The van der Waals surface area contributed by atoms with Gasteiger partial charge in [0.25, 0.3) is 0 Å². The van der Waals surface area contributed by atoms with E-state index in [1.54, 1.807) is 24.3 Å². The maximum Gasteiger partial charge on any atom is 0.225 e. The Balaban J connectivity index is 2.21. The van der Waals surface area contributed by atoms with Crippen molar-refractivity contribution in [3.05, 3.63) is 18.0 Å². The maximum atomic E-state index is 11.9. The van der Waals surface area contributed by atoms with E-state index in [4.69, 9.17) is 0 Å². The van der Waals surface area contributed by atoms with E-state index in [1.165, 1.54) is 0 Å². The first kappa shape index (κ1) is 16.2. The fraction of sp³-hybridized carbons (Fsp3) is 0.643. The van der Waals surface area contributed by atoms with E-state index >= 15 is 0 Å². The van der Waals surface area contributed by atoms with Gasteiger partial charge in [0.2, 0.25) is 11.8 Å². The standard InChI is InChI=1S/C14H24N4O2/c1-14(2,3)13(20)15-7-5-6-12(19)18(4)10-11-8-16-17-9-11/h8-9H,5-7,10H2,1-4H3,(H,15,20)(H,16,17). The Morgan fingerprint density at radius 2 is 2.10 bits per heavy atom. The lowest BCUT2D eigenvalue weighted by atomic mass is 9.96. The van der Waals surface area contributed by atoms with E-state index in [1.807, 2.05) is 20.8 Å². The van der Waals surface area contributed by atoms with Crippen LogP contribution in [-0.4, -0.2) is 40.5 Å². The third kappa shape index (κ3) is 5.42. The fourth-order valence-electron chi connectivity index (χ4n) is 1.62. The third-order valence-corrected chi connectivity index (χ3v) is 2.93. The molecule has 0 fully saturated rings. The maximum absolute atomic E-state index is 11.9. The fourth-order valence-corrected chi connectivity index (χ4v) is 1.62. The molecule has 2 amide bonds. The number of H-pyrrole nitrogens is 1. The molecule has 0 atom stereocenters. The zero-order valence-electron chi connectivity index (χ0n) is 12.7. The lowest BCUT2D eigenvalue weighted by Crippen LogP contribution is -2.35. The van der Waals surface area contributed by atoms with Gasteiger partial charge < -0.3 is 10.2 Å². The summed E-state index contributed by atoms with van der Waals surface area (Å²) in [6.07, 6.45) is 4.55. The molecule has 0 saturated heterocycles. The molecule has 0 radical (unpaired) electrons. The highest BCUT2D eigenvalue weighted by Gasteiger charge is 2.20. The van der Waals surface area contributed by atoms with Crippen molar-refractivity contribution < 1.29 is 9.59 Å². The van der Waals surface area contributed by atoms with Crippen LogP contribution in [-0.2, 0) is 16.1 Å². The first-order valence-corrected chi connectivity index (χ1v) is 6.80. The van der Waals surface area contributed by atoms with E-state index in [-0.39, 0.29) is 17.2 Å². The molecule has 0 spiro atoms. The van der Waals surface area contributed by atoms with Crippen LogP contribution in [0.3, 0.4) is 0 Å². The largest absolute Gasteiger partial charge is 0.356 e. The van der Waals surface area contributed by atoms with Gasteiger partial charge in [-0.3, -0.25) is 14.7 Å². The molecule has 112 valence electrons. The molecule has 1 aromatic heterocycles. The van der Waals surface area contributed by atoms with Gasteiger partial charge in [-0.1, -0.05) is 20.8 Å². The average molecular weight is 280 g/mol. The van der Waals surface area contributed by atoms with Gasteiger partial charge >= 0.3 is 0 Å². The van der Waals surface area contributed by atoms with Gasteiger partial charge in [0.1, 0.15) is 0 Å². The minimum atomic E-state index is -0.387. The van der Waals surface area contributed by atoms with Crippen LogP contribution in [0.1, 0.15) is 39.2 Å². The van der Waals surface area contributed by atoms with Crippen LogP contribution in [0.4, 0.5) is 0 Å². The Morgan fingerprint density at radius 1 is 1.40 bits per heavy atom. The number of nitrogens with zero attached hydrogens (tertiary/aromatic N) is 2. The van der Waals surface area contributed by atoms with Gasteiger partial charge in [-0.25, -0.2) is 0 Å². The minimum absolute atomic E-state index is 0.0108. The molecule has 1 aromatic rings. The number of nitrogens with one attached hydrogen (secondary N) is 2. The van der Waals surface area contributed by atoms with Crippen LogP contribution in [0.15, 0.2) is 12.4 Å². The van der Waals surface area contributed by atoms with Crippen molar-refractivity contribution in [2.24, 2.45) is 5.41 Å². The number of rotatable bonds is 6. The van der Waals surface area contributed by atoms with Crippen LogP contribution < -0.4 is 5.32 Å². The summed E-state index contributed by atoms with van der Waals surface area (Å²) in [6, 6.07) is 0. The molecule has 0 aliphatic rings. The highest BCUT2D eigenvalue weighted by Crippen LogP contribution is 2.12. The zero-order valence-corrected chi connectivity index (χ0v) is 12.7. The first-order valence-electron chi connectivity index (χ1n) is 6.80. The number of amides is 2. The molecule has 0 unspecified atom stereocenters. The van der Waals surface area contributed by atoms with Gasteiger partial charge in [-0.05, 0) is 6.42 Å². The van der Waals surface area contributed by atoms with Gasteiger partial charge in [0, 0.05) is 43.7 Å². The van der Waals surface area contributed by atoms with E-state index in [0.29, 0.717) is 25.9 Å². The van der Waals surface area contributed by atoms with Crippen LogP contribution in [0.5, 0.6) is 0 Å². The first-order chi connectivity index (χ1) is 9.30. The Morgan fingerprint density at radius 3 is 2.65 bits per heavy atom. The summed E-state index contributed by atoms with van der Waals surface area (Å²) < 4.78 is 0. The quantitative estimate of drug-likeness (QED) is 0.771. The van der Waals surface area contributed by atoms with Crippen molar-refractivity contribution in [1.29, 1.82) is 0 Å². The second-order valence-corrected chi connectivity index (χ2v) is 5.97.